The Bertz CT molecular complexity index is 310. The van der Waals surface area contributed by atoms with Gasteiger partial charge in [0.15, 0.2) is 0 Å². The van der Waals surface area contributed by atoms with Crippen LogP contribution in [0.3, 0.4) is 0 Å². The van der Waals surface area contributed by atoms with Crippen LogP contribution in [0.1, 0.15) is 15.9 Å². The van der Waals surface area contributed by atoms with Crippen LogP contribution in [0.15, 0.2) is 24.3 Å². The Morgan fingerprint density at radius 2 is 2.00 bits per heavy atom. The third-order valence-electron chi connectivity index (χ3n) is 1.92. The third kappa shape index (κ3) is 2.56. The van der Waals surface area contributed by atoms with Crippen molar-refractivity contribution in [2.24, 2.45) is 0 Å². The zero-order chi connectivity index (χ0) is 10.6. The topological polar surface area (TPSA) is 29.5 Å². The highest BCUT2D eigenvalue weighted by Gasteiger charge is 2.10. The molecule has 0 saturated carbocycles. The lowest BCUT2D eigenvalue weighted by atomic mass is 10.1. The largest absolute Gasteiger partial charge is 0.277 e. The molecule has 0 aliphatic heterocycles. The molecular formula is C10H12BrNO2. The first-order chi connectivity index (χ1) is 6.69. The van der Waals surface area contributed by atoms with Gasteiger partial charge in [0.2, 0.25) is 0 Å². The molecule has 0 fully saturated rings. The third-order valence-corrected chi connectivity index (χ3v) is 2.56. The lowest BCUT2D eigenvalue weighted by Gasteiger charge is -2.13. The molecule has 0 aliphatic rings. The van der Waals surface area contributed by atoms with Gasteiger partial charge >= 0.3 is 0 Å². The van der Waals surface area contributed by atoms with E-state index in [-0.39, 0.29) is 5.91 Å². The summed E-state index contributed by atoms with van der Waals surface area (Å²) in [5.41, 5.74) is 1.76. The van der Waals surface area contributed by atoms with Crippen molar-refractivity contribution in [1.29, 1.82) is 0 Å². The lowest BCUT2D eigenvalue weighted by Crippen LogP contribution is -2.25. The second-order valence-electron chi connectivity index (χ2n) is 2.82. The first-order valence-corrected chi connectivity index (χ1v) is 5.28. The van der Waals surface area contributed by atoms with E-state index in [1.165, 1.54) is 12.2 Å². The number of rotatable bonds is 3. The Hall–Kier alpha value is -0.870. The summed E-state index contributed by atoms with van der Waals surface area (Å²) in [6.45, 7) is 0. The minimum atomic E-state index is -0.145. The van der Waals surface area contributed by atoms with E-state index in [1.54, 1.807) is 19.2 Å². The van der Waals surface area contributed by atoms with Crippen molar-refractivity contribution >= 4 is 21.8 Å². The van der Waals surface area contributed by atoms with Crippen molar-refractivity contribution in [2.45, 2.75) is 5.33 Å². The van der Waals surface area contributed by atoms with Gasteiger partial charge in [0, 0.05) is 17.9 Å². The Morgan fingerprint density at radius 3 is 2.43 bits per heavy atom. The number of benzene rings is 1. The predicted molar refractivity (Wildman–Crippen MR) is 58.2 cm³/mol. The quantitative estimate of drug-likeness (QED) is 0.614. The summed E-state index contributed by atoms with van der Waals surface area (Å²) in [6.07, 6.45) is 0. The van der Waals surface area contributed by atoms with Gasteiger partial charge in [-0.15, -0.1) is 0 Å². The molecule has 14 heavy (non-hydrogen) atoms. The Labute approximate surface area is 91.7 Å². The molecule has 3 nitrogen and oxygen atoms in total. The molecule has 1 amide bonds. The standard InChI is InChI=1S/C10H12BrNO2/c1-12(14-2)10(13)9-5-3-8(7-11)4-6-9/h3-6H,7H2,1-2H3. The van der Waals surface area contributed by atoms with Gasteiger partial charge in [-0.2, -0.15) is 0 Å². The van der Waals surface area contributed by atoms with Gasteiger partial charge in [0.1, 0.15) is 0 Å². The van der Waals surface area contributed by atoms with Crippen molar-refractivity contribution in [2.75, 3.05) is 14.2 Å². The SMILES string of the molecule is CON(C)C(=O)c1ccc(CBr)cc1. The fraction of sp³-hybridized carbons (Fsp3) is 0.300. The fourth-order valence-electron chi connectivity index (χ4n) is 1.00. The molecule has 1 aromatic rings. The number of hydroxylamine groups is 2. The number of carbonyl (C=O) groups excluding carboxylic acids is 1. The number of hydrogen-bond donors (Lipinski definition) is 0. The monoisotopic (exact) mass is 257 g/mol. The van der Waals surface area contributed by atoms with E-state index < -0.39 is 0 Å². The number of carbonyl (C=O) groups is 1. The van der Waals surface area contributed by atoms with Crippen molar-refractivity contribution in [3.8, 4) is 0 Å². The molecule has 0 unspecified atom stereocenters. The average molecular weight is 258 g/mol. The van der Waals surface area contributed by atoms with Crippen molar-refractivity contribution in [3.05, 3.63) is 35.4 Å². The van der Waals surface area contributed by atoms with Crippen LogP contribution >= 0.6 is 15.9 Å². The number of nitrogens with zero attached hydrogens (tertiary/aromatic N) is 1. The molecular weight excluding hydrogens is 246 g/mol. The molecule has 4 heteroatoms. The Morgan fingerprint density at radius 1 is 1.43 bits per heavy atom. The average Bonchev–Trinajstić information content (AvgIpc) is 2.27. The van der Waals surface area contributed by atoms with E-state index in [1.807, 2.05) is 12.1 Å². The van der Waals surface area contributed by atoms with Gasteiger partial charge in [-0.05, 0) is 17.7 Å². The highest BCUT2D eigenvalue weighted by Crippen LogP contribution is 2.09. The smallest absolute Gasteiger partial charge is 0.274 e. The summed E-state index contributed by atoms with van der Waals surface area (Å²) in [6, 6.07) is 7.39. The van der Waals surface area contributed by atoms with Gasteiger partial charge in [0.05, 0.1) is 7.11 Å². The van der Waals surface area contributed by atoms with Crippen LogP contribution in [0.2, 0.25) is 0 Å². The summed E-state index contributed by atoms with van der Waals surface area (Å²) >= 11 is 3.34. The van der Waals surface area contributed by atoms with Crippen LogP contribution in [0, 0.1) is 0 Å². The van der Waals surface area contributed by atoms with E-state index >= 15 is 0 Å². The Kier molecular flexibility index (Phi) is 4.10. The normalized spacial score (nSPS) is 9.93. The van der Waals surface area contributed by atoms with E-state index in [4.69, 9.17) is 4.84 Å². The zero-order valence-corrected chi connectivity index (χ0v) is 9.74. The number of amides is 1. The van der Waals surface area contributed by atoms with E-state index in [9.17, 15) is 4.79 Å². The molecule has 0 N–H and O–H groups in total. The second kappa shape index (κ2) is 5.12. The van der Waals surface area contributed by atoms with Crippen molar-refractivity contribution < 1.29 is 9.63 Å². The maximum absolute atomic E-state index is 11.6. The van der Waals surface area contributed by atoms with E-state index in [2.05, 4.69) is 15.9 Å². The highest BCUT2D eigenvalue weighted by molar-refractivity contribution is 9.08. The summed E-state index contributed by atoms with van der Waals surface area (Å²) in [5.74, 6) is -0.145. The molecule has 0 bridgehead atoms. The summed E-state index contributed by atoms with van der Waals surface area (Å²) in [5, 5.41) is 1.99. The second-order valence-corrected chi connectivity index (χ2v) is 3.38. The Balaban J connectivity index is 2.81. The number of alkyl halides is 1. The number of halogens is 1. The number of hydrogen-bond acceptors (Lipinski definition) is 2. The zero-order valence-electron chi connectivity index (χ0n) is 8.16. The lowest BCUT2D eigenvalue weighted by molar-refractivity contribution is -0.0756. The summed E-state index contributed by atoms with van der Waals surface area (Å²) in [7, 11) is 3.05. The van der Waals surface area contributed by atoms with E-state index in [0.29, 0.717) is 5.56 Å². The van der Waals surface area contributed by atoms with Gasteiger partial charge in [-0.3, -0.25) is 9.63 Å². The van der Waals surface area contributed by atoms with E-state index in [0.717, 1.165) is 10.9 Å². The maximum atomic E-state index is 11.6. The molecule has 0 saturated heterocycles. The first-order valence-electron chi connectivity index (χ1n) is 4.16. The molecule has 0 radical (unpaired) electrons. The van der Waals surface area contributed by atoms with Gasteiger partial charge < -0.3 is 0 Å². The fourth-order valence-corrected chi connectivity index (χ4v) is 1.37. The van der Waals surface area contributed by atoms with Gasteiger partial charge in [-0.1, -0.05) is 28.1 Å². The molecule has 0 aromatic heterocycles. The first kappa shape index (κ1) is 11.2. The van der Waals surface area contributed by atoms with Crippen LogP contribution in [-0.2, 0) is 10.2 Å². The summed E-state index contributed by atoms with van der Waals surface area (Å²) < 4.78 is 0. The highest BCUT2D eigenvalue weighted by atomic mass is 79.9. The van der Waals surface area contributed by atoms with Crippen LogP contribution in [-0.4, -0.2) is 25.1 Å². The predicted octanol–water partition coefficient (Wildman–Crippen LogP) is 2.21. The van der Waals surface area contributed by atoms with Crippen LogP contribution in [0.5, 0.6) is 0 Å². The summed E-state index contributed by atoms with van der Waals surface area (Å²) in [4.78, 5) is 16.4. The maximum Gasteiger partial charge on any atom is 0.277 e. The van der Waals surface area contributed by atoms with Gasteiger partial charge in [-0.25, -0.2) is 5.06 Å². The van der Waals surface area contributed by atoms with Crippen molar-refractivity contribution in [3.63, 3.8) is 0 Å². The minimum absolute atomic E-state index is 0.145. The molecule has 1 rings (SSSR count). The van der Waals surface area contributed by atoms with Crippen LogP contribution < -0.4 is 0 Å². The van der Waals surface area contributed by atoms with Crippen LogP contribution in [0.4, 0.5) is 0 Å². The molecule has 0 aliphatic carbocycles. The van der Waals surface area contributed by atoms with Crippen molar-refractivity contribution in [1.82, 2.24) is 5.06 Å². The molecule has 0 heterocycles. The molecule has 76 valence electrons. The molecule has 0 atom stereocenters. The van der Waals surface area contributed by atoms with Gasteiger partial charge in [0.25, 0.3) is 5.91 Å². The minimum Gasteiger partial charge on any atom is -0.274 e. The molecule has 0 spiro atoms. The molecule has 1 aromatic carbocycles. The van der Waals surface area contributed by atoms with Crippen LogP contribution in [0.25, 0.3) is 0 Å².